The first-order valence-electron chi connectivity index (χ1n) is 8.54. The fourth-order valence-electron chi connectivity index (χ4n) is 2.67. The molecule has 1 heterocycles. The van der Waals surface area contributed by atoms with Crippen LogP contribution in [0.5, 0.6) is 0 Å². The monoisotopic (exact) mass is 411 g/mol. The van der Waals surface area contributed by atoms with Crippen molar-refractivity contribution in [2.45, 2.75) is 6.04 Å². The third-order valence-corrected chi connectivity index (χ3v) is 5.00. The van der Waals surface area contributed by atoms with Gasteiger partial charge in [-0.15, -0.1) is 11.3 Å². The Morgan fingerprint density at radius 2 is 1.90 bits per heavy atom. The quantitative estimate of drug-likeness (QED) is 0.266. The van der Waals surface area contributed by atoms with Gasteiger partial charge in [0.15, 0.2) is 6.61 Å². The molecule has 1 aromatic heterocycles. The lowest BCUT2D eigenvalue weighted by Crippen LogP contribution is -2.32. The molecule has 0 aliphatic rings. The molecular formula is C20H17N3O5S. The Hall–Kier alpha value is -3.72. The molecule has 0 bridgehead atoms. The van der Waals surface area contributed by atoms with Gasteiger partial charge in [0.25, 0.3) is 11.6 Å². The molecule has 0 radical (unpaired) electrons. The molecule has 0 fully saturated rings. The number of nitro benzene ring substituents is 1. The van der Waals surface area contributed by atoms with Gasteiger partial charge in [-0.25, -0.2) is 4.79 Å². The van der Waals surface area contributed by atoms with Gasteiger partial charge in [-0.2, -0.15) is 0 Å². The first kappa shape index (κ1) is 20.0. The molecule has 9 heteroatoms. The van der Waals surface area contributed by atoms with Crippen LogP contribution in [0.4, 0.5) is 11.4 Å². The van der Waals surface area contributed by atoms with E-state index in [1.807, 2.05) is 47.8 Å². The maximum atomic E-state index is 12.4. The van der Waals surface area contributed by atoms with Crippen LogP contribution in [-0.2, 0) is 9.53 Å². The predicted molar refractivity (Wildman–Crippen MR) is 109 cm³/mol. The Bertz CT molecular complexity index is 1020. The Kier molecular flexibility index (Phi) is 6.20. The lowest BCUT2D eigenvalue weighted by molar-refractivity contribution is -0.383. The second kappa shape index (κ2) is 8.98. The number of amides is 1. The number of carbonyl (C=O) groups is 2. The molecule has 3 aromatic rings. The van der Waals surface area contributed by atoms with E-state index in [0.717, 1.165) is 16.5 Å². The molecule has 0 saturated carbocycles. The molecule has 0 saturated heterocycles. The van der Waals surface area contributed by atoms with Crippen molar-refractivity contribution in [1.29, 1.82) is 0 Å². The highest BCUT2D eigenvalue weighted by Crippen LogP contribution is 2.26. The number of hydrogen-bond acceptors (Lipinski definition) is 7. The summed E-state index contributed by atoms with van der Waals surface area (Å²) in [4.78, 5) is 35.7. The average molecular weight is 411 g/mol. The number of nitrogen functional groups attached to an aromatic ring is 1. The first-order valence-corrected chi connectivity index (χ1v) is 9.42. The van der Waals surface area contributed by atoms with E-state index in [-0.39, 0.29) is 17.3 Å². The molecule has 29 heavy (non-hydrogen) atoms. The van der Waals surface area contributed by atoms with Gasteiger partial charge in [0.1, 0.15) is 5.69 Å². The van der Waals surface area contributed by atoms with Gasteiger partial charge < -0.3 is 15.8 Å². The minimum atomic E-state index is -0.851. The molecular weight excluding hydrogens is 394 g/mol. The number of nitro groups is 1. The van der Waals surface area contributed by atoms with Crippen LogP contribution in [-0.4, -0.2) is 23.4 Å². The van der Waals surface area contributed by atoms with Crippen molar-refractivity contribution in [1.82, 2.24) is 5.32 Å². The molecule has 0 spiro atoms. The Morgan fingerprint density at radius 3 is 2.55 bits per heavy atom. The van der Waals surface area contributed by atoms with E-state index in [0.29, 0.717) is 0 Å². The molecule has 2 aromatic carbocycles. The maximum Gasteiger partial charge on any atom is 0.338 e. The highest BCUT2D eigenvalue weighted by atomic mass is 32.1. The fraction of sp³-hybridized carbons (Fsp3) is 0.100. The van der Waals surface area contributed by atoms with Crippen LogP contribution in [0.15, 0.2) is 66.0 Å². The summed E-state index contributed by atoms with van der Waals surface area (Å²) in [5.41, 5.74) is 5.88. The molecule has 148 valence electrons. The topological polar surface area (TPSA) is 125 Å². The fourth-order valence-corrected chi connectivity index (χ4v) is 3.47. The van der Waals surface area contributed by atoms with Gasteiger partial charge in [-0.1, -0.05) is 36.4 Å². The Morgan fingerprint density at radius 1 is 1.14 bits per heavy atom. The standard InChI is InChI=1S/C20H17N3O5S/c21-15-9-8-14(11-16(15)23(26)27)20(25)28-12-18(24)22-19(17-7-4-10-29-17)13-5-2-1-3-6-13/h1-11,19H,12,21H2,(H,22,24). The number of hydrogen-bond donors (Lipinski definition) is 2. The van der Waals surface area contributed by atoms with Crippen molar-refractivity contribution < 1.29 is 19.2 Å². The molecule has 1 unspecified atom stereocenters. The van der Waals surface area contributed by atoms with E-state index >= 15 is 0 Å². The number of nitrogens with two attached hydrogens (primary N) is 1. The summed E-state index contributed by atoms with van der Waals surface area (Å²) >= 11 is 1.50. The largest absolute Gasteiger partial charge is 0.452 e. The summed E-state index contributed by atoms with van der Waals surface area (Å²) in [6, 6.07) is 16.4. The highest BCUT2D eigenvalue weighted by molar-refractivity contribution is 7.10. The van der Waals surface area contributed by atoms with E-state index in [2.05, 4.69) is 5.32 Å². The number of ether oxygens (including phenoxy) is 1. The van der Waals surface area contributed by atoms with Gasteiger partial charge in [0.2, 0.25) is 0 Å². The van der Waals surface area contributed by atoms with Crippen molar-refractivity contribution >= 4 is 34.6 Å². The van der Waals surface area contributed by atoms with Crippen molar-refractivity contribution in [2.75, 3.05) is 12.3 Å². The summed E-state index contributed by atoms with van der Waals surface area (Å²) in [7, 11) is 0. The number of thiophene rings is 1. The number of nitrogens with zero attached hydrogens (tertiary/aromatic N) is 1. The minimum absolute atomic E-state index is 0.0587. The van der Waals surface area contributed by atoms with Crippen LogP contribution in [0.1, 0.15) is 26.8 Å². The lowest BCUT2D eigenvalue weighted by atomic mass is 10.1. The van der Waals surface area contributed by atoms with Crippen LogP contribution in [0.2, 0.25) is 0 Å². The lowest BCUT2D eigenvalue weighted by Gasteiger charge is -2.18. The van der Waals surface area contributed by atoms with Crippen molar-refractivity contribution in [3.8, 4) is 0 Å². The van der Waals surface area contributed by atoms with Crippen LogP contribution >= 0.6 is 11.3 Å². The highest BCUT2D eigenvalue weighted by Gasteiger charge is 2.20. The normalized spacial score (nSPS) is 11.4. The number of rotatable bonds is 7. The molecule has 1 amide bonds. The smallest absolute Gasteiger partial charge is 0.338 e. The summed E-state index contributed by atoms with van der Waals surface area (Å²) < 4.78 is 5.01. The second-order valence-corrected chi connectivity index (χ2v) is 7.01. The maximum absolute atomic E-state index is 12.4. The van der Waals surface area contributed by atoms with Gasteiger partial charge >= 0.3 is 5.97 Å². The molecule has 8 nitrogen and oxygen atoms in total. The number of carbonyl (C=O) groups excluding carboxylic acids is 2. The number of benzene rings is 2. The van der Waals surface area contributed by atoms with E-state index in [1.165, 1.54) is 23.5 Å². The van der Waals surface area contributed by atoms with Gasteiger partial charge in [-0.05, 0) is 29.1 Å². The summed E-state index contributed by atoms with van der Waals surface area (Å²) in [5, 5.41) is 15.7. The molecule has 1 atom stereocenters. The molecule has 3 N–H and O–H groups in total. The van der Waals surface area contributed by atoms with Gasteiger partial charge in [-0.3, -0.25) is 14.9 Å². The third-order valence-electron chi connectivity index (χ3n) is 4.06. The van der Waals surface area contributed by atoms with Crippen molar-refractivity contribution in [3.05, 3.63) is 92.2 Å². The summed E-state index contributed by atoms with van der Waals surface area (Å²) in [6.07, 6.45) is 0. The first-order chi connectivity index (χ1) is 14.0. The van der Waals surface area contributed by atoms with Crippen LogP contribution < -0.4 is 11.1 Å². The van der Waals surface area contributed by atoms with Gasteiger partial charge in [0, 0.05) is 10.9 Å². The van der Waals surface area contributed by atoms with Crippen LogP contribution in [0, 0.1) is 10.1 Å². The molecule has 3 rings (SSSR count). The zero-order valence-corrected chi connectivity index (χ0v) is 15.9. The zero-order chi connectivity index (χ0) is 20.8. The second-order valence-electron chi connectivity index (χ2n) is 6.03. The van der Waals surface area contributed by atoms with E-state index in [4.69, 9.17) is 10.5 Å². The Labute approximate surface area is 170 Å². The van der Waals surface area contributed by atoms with Crippen LogP contribution in [0.25, 0.3) is 0 Å². The van der Waals surface area contributed by atoms with Crippen molar-refractivity contribution in [3.63, 3.8) is 0 Å². The Balaban J connectivity index is 1.66. The summed E-state index contributed by atoms with van der Waals surface area (Å²) in [5.74, 6) is -1.35. The zero-order valence-electron chi connectivity index (χ0n) is 15.1. The van der Waals surface area contributed by atoms with Crippen LogP contribution in [0.3, 0.4) is 0 Å². The van der Waals surface area contributed by atoms with Gasteiger partial charge in [0.05, 0.1) is 16.5 Å². The number of esters is 1. The van der Waals surface area contributed by atoms with Crippen molar-refractivity contribution in [2.24, 2.45) is 0 Å². The SMILES string of the molecule is Nc1ccc(C(=O)OCC(=O)NC(c2ccccc2)c2cccs2)cc1[N+](=O)[O-]. The molecule has 0 aliphatic heterocycles. The van der Waals surface area contributed by atoms with E-state index in [9.17, 15) is 19.7 Å². The van der Waals surface area contributed by atoms with E-state index in [1.54, 1.807) is 0 Å². The third kappa shape index (κ3) is 4.96. The number of nitrogens with one attached hydrogen (secondary N) is 1. The molecule has 0 aliphatic carbocycles. The minimum Gasteiger partial charge on any atom is -0.452 e. The van der Waals surface area contributed by atoms with E-state index < -0.39 is 29.1 Å². The summed E-state index contributed by atoms with van der Waals surface area (Å²) in [6.45, 7) is -0.522. The average Bonchev–Trinajstić information content (AvgIpc) is 3.25. The predicted octanol–water partition coefficient (Wildman–Crippen LogP) is 3.30. The number of anilines is 1.